The summed E-state index contributed by atoms with van der Waals surface area (Å²) in [7, 11) is 0. The van der Waals surface area contributed by atoms with Gasteiger partial charge in [0.15, 0.2) is 11.5 Å². The summed E-state index contributed by atoms with van der Waals surface area (Å²) in [6.45, 7) is 4.88. The number of hydrazine groups is 1. The molecule has 0 radical (unpaired) electrons. The van der Waals surface area contributed by atoms with Crippen molar-refractivity contribution in [2.75, 3.05) is 13.2 Å². The van der Waals surface area contributed by atoms with E-state index in [1.54, 1.807) is 12.1 Å². The normalized spacial score (nSPS) is 10.0. The summed E-state index contributed by atoms with van der Waals surface area (Å²) in [6.07, 6.45) is 0.184. The van der Waals surface area contributed by atoms with Crippen LogP contribution in [-0.4, -0.2) is 19.1 Å². The summed E-state index contributed by atoms with van der Waals surface area (Å²) in [5.74, 6) is 6.09. The van der Waals surface area contributed by atoms with Crippen LogP contribution in [0.15, 0.2) is 16.6 Å². The Morgan fingerprint density at radius 3 is 2.33 bits per heavy atom. The molecule has 0 atom stereocenters. The van der Waals surface area contributed by atoms with Gasteiger partial charge in [-0.05, 0) is 31.5 Å². The van der Waals surface area contributed by atoms with Crippen molar-refractivity contribution in [1.29, 1.82) is 0 Å². The van der Waals surface area contributed by atoms with Crippen molar-refractivity contribution in [3.05, 3.63) is 22.2 Å². The third-order valence-corrected chi connectivity index (χ3v) is 2.96. The highest BCUT2D eigenvalue weighted by atomic mass is 79.9. The summed E-state index contributed by atoms with van der Waals surface area (Å²) in [4.78, 5) is 11.3. The van der Waals surface area contributed by atoms with Crippen molar-refractivity contribution in [1.82, 2.24) is 5.43 Å². The van der Waals surface area contributed by atoms with Crippen LogP contribution in [0.5, 0.6) is 11.5 Å². The zero-order valence-electron chi connectivity index (χ0n) is 10.5. The fourth-order valence-corrected chi connectivity index (χ4v) is 1.94. The van der Waals surface area contributed by atoms with E-state index in [2.05, 4.69) is 21.4 Å². The maximum Gasteiger partial charge on any atom is 0.238 e. The van der Waals surface area contributed by atoms with E-state index in [0.29, 0.717) is 24.7 Å². The van der Waals surface area contributed by atoms with E-state index in [9.17, 15) is 4.79 Å². The van der Waals surface area contributed by atoms with E-state index < -0.39 is 0 Å². The number of hydrogen-bond acceptors (Lipinski definition) is 4. The maximum absolute atomic E-state index is 11.3. The van der Waals surface area contributed by atoms with Gasteiger partial charge in [-0.2, -0.15) is 0 Å². The molecule has 0 fully saturated rings. The first-order valence-electron chi connectivity index (χ1n) is 5.69. The first kappa shape index (κ1) is 14.8. The quantitative estimate of drug-likeness (QED) is 0.476. The number of nitrogens with one attached hydrogen (secondary N) is 1. The number of benzene rings is 1. The molecule has 5 nitrogen and oxygen atoms in total. The molecule has 0 heterocycles. The first-order valence-corrected chi connectivity index (χ1v) is 6.49. The number of carbonyl (C=O) groups excluding carboxylic acids is 1. The molecule has 1 rings (SSSR count). The molecule has 0 aliphatic heterocycles. The topological polar surface area (TPSA) is 73.6 Å². The molecule has 1 aromatic rings. The Kier molecular flexibility index (Phi) is 5.94. The van der Waals surface area contributed by atoms with Gasteiger partial charge in [-0.1, -0.05) is 15.9 Å². The number of halogens is 1. The van der Waals surface area contributed by atoms with Gasteiger partial charge in [-0.3, -0.25) is 10.2 Å². The molecule has 0 spiro atoms. The molecule has 1 aromatic carbocycles. The largest absolute Gasteiger partial charge is 0.490 e. The number of nitrogens with two attached hydrogens (primary N) is 1. The van der Waals surface area contributed by atoms with Gasteiger partial charge in [0, 0.05) is 4.47 Å². The molecule has 0 aromatic heterocycles. The summed E-state index contributed by atoms with van der Waals surface area (Å²) in [5, 5.41) is 0. The second kappa shape index (κ2) is 7.23. The minimum atomic E-state index is -0.262. The lowest BCUT2D eigenvalue weighted by molar-refractivity contribution is -0.120. The van der Waals surface area contributed by atoms with Gasteiger partial charge in [-0.15, -0.1) is 0 Å². The van der Waals surface area contributed by atoms with Crippen LogP contribution in [-0.2, 0) is 11.2 Å². The van der Waals surface area contributed by atoms with Gasteiger partial charge in [0.1, 0.15) is 0 Å². The highest BCUT2D eigenvalue weighted by molar-refractivity contribution is 9.10. The second-order valence-electron chi connectivity index (χ2n) is 3.50. The maximum atomic E-state index is 11.3. The number of ether oxygens (including phenoxy) is 2. The number of rotatable bonds is 6. The molecule has 0 aliphatic rings. The van der Waals surface area contributed by atoms with Crippen molar-refractivity contribution in [3.63, 3.8) is 0 Å². The van der Waals surface area contributed by atoms with Gasteiger partial charge in [0.25, 0.3) is 0 Å². The minimum Gasteiger partial charge on any atom is -0.490 e. The second-order valence-corrected chi connectivity index (χ2v) is 4.36. The van der Waals surface area contributed by atoms with Gasteiger partial charge < -0.3 is 9.47 Å². The molecule has 3 N–H and O–H groups in total. The van der Waals surface area contributed by atoms with Crippen molar-refractivity contribution < 1.29 is 14.3 Å². The van der Waals surface area contributed by atoms with Crippen LogP contribution in [0.4, 0.5) is 0 Å². The highest BCUT2D eigenvalue weighted by Gasteiger charge is 2.12. The molecule has 0 saturated heterocycles. The van der Waals surface area contributed by atoms with Crippen LogP contribution in [0.25, 0.3) is 0 Å². The minimum absolute atomic E-state index is 0.184. The zero-order valence-corrected chi connectivity index (χ0v) is 12.0. The van der Waals surface area contributed by atoms with Gasteiger partial charge in [0.05, 0.1) is 19.6 Å². The van der Waals surface area contributed by atoms with E-state index in [-0.39, 0.29) is 12.3 Å². The molecule has 0 unspecified atom stereocenters. The molecule has 0 aliphatic carbocycles. The van der Waals surface area contributed by atoms with E-state index in [4.69, 9.17) is 15.3 Å². The molecule has 100 valence electrons. The average Bonchev–Trinajstić information content (AvgIpc) is 2.35. The van der Waals surface area contributed by atoms with Crippen LogP contribution < -0.4 is 20.7 Å². The van der Waals surface area contributed by atoms with E-state index in [1.165, 1.54) is 0 Å². The number of amides is 1. The Hall–Kier alpha value is -1.27. The van der Waals surface area contributed by atoms with Gasteiger partial charge in [-0.25, -0.2) is 5.84 Å². The van der Waals surface area contributed by atoms with E-state index in [1.807, 2.05) is 13.8 Å². The first-order chi connectivity index (χ1) is 8.62. The van der Waals surface area contributed by atoms with Crippen molar-refractivity contribution in [2.24, 2.45) is 5.84 Å². The van der Waals surface area contributed by atoms with Crippen LogP contribution >= 0.6 is 15.9 Å². The third-order valence-electron chi connectivity index (χ3n) is 2.22. The monoisotopic (exact) mass is 316 g/mol. The van der Waals surface area contributed by atoms with Crippen molar-refractivity contribution >= 4 is 21.8 Å². The Morgan fingerprint density at radius 2 is 1.83 bits per heavy atom. The lowest BCUT2D eigenvalue weighted by atomic mass is 10.1. The highest BCUT2D eigenvalue weighted by Crippen LogP contribution is 2.34. The molecule has 0 bridgehead atoms. The van der Waals surface area contributed by atoms with Crippen molar-refractivity contribution in [2.45, 2.75) is 20.3 Å². The van der Waals surface area contributed by atoms with Crippen LogP contribution in [0.2, 0.25) is 0 Å². The molecule has 6 heteroatoms. The molecular formula is C12H17BrN2O3. The van der Waals surface area contributed by atoms with E-state index in [0.717, 1.165) is 10.0 Å². The summed E-state index contributed by atoms with van der Waals surface area (Å²) >= 11 is 3.40. The van der Waals surface area contributed by atoms with Gasteiger partial charge in [0.2, 0.25) is 5.91 Å². The predicted molar refractivity (Wildman–Crippen MR) is 72.5 cm³/mol. The number of carbonyl (C=O) groups is 1. The third kappa shape index (κ3) is 3.89. The Labute approximate surface area is 115 Å². The fraction of sp³-hybridized carbons (Fsp3) is 0.417. The molecule has 18 heavy (non-hydrogen) atoms. The fourth-order valence-electron chi connectivity index (χ4n) is 1.47. The smallest absolute Gasteiger partial charge is 0.238 e. The summed E-state index contributed by atoms with van der Waals surface area (Å²) in [5.41, 5.74) is 2.90. The molecule has 0 saturated carbocycles. The Morgan fingerprint density at radius 1 is 1.28 bits per heavy atom. The van der Waals surface area contributed by atoms with Crippen LogP contribution in [0.3, 0.4) is 0 Å². The molecule has 1 amide bonds. The summed E-state index contributed by atoms with van der Waals surface area (Å²) in [6, 6.07) is 3.58. The zero-order chi connectivity index (χ0) is 13.5. The molecular weight excluding hydrogens is 300 g/mol. The SMILES string of the molecule is CCOc1cc(Br)c(CC(=O)NN)cc1OCC. The summed E-state index contributed by atoms with van der Waals surface area (Å²) < 4.78 is 11.8. The lowest BCUT2D eigenvalue weighted by Gasteiger charge is -2.13. The Balaban J connectivity index is 3.05. The average molecular weight is 317 g/mol. The predicted octanol–water partition coefficient (Wildman–Crippen LogP) is 1.78. The van der Waals surface area contributed by atoms with E-state index >= 15 is 0 Å². The lowest BCUT2D eigenvalue weighted by Crippen LogP contribution is -2.31. The van der Waals surface area contributed by atoms with Crippen LogP contribution in [0, 0.1) is 0 Å². The standard InChI is InChI=1S/C12H17BrN2O3/c1-3-17-10-5-8(6-12(16)15-14)9(13)7-11(10)18-4-2/h5,7H,3-4,6,14H2,1-2H3,(H,15,16). The van der Waals surface area contributed by atoms with Crippen LogP contribution in [0.1, 0.15) is 19.4 Å². The van der Waals surface area contributed by atoms with Gasteiger partial charge >= 0.3 is 0 Å². The Bertz CT molecular complexity index is 424. The van der Waals surface area contributed by atoms with Crippen molar-refractivity contribution in [3.8, 4) is 11.5 Å². The number of hydrogen-bond donors (Lipinski definition) is 2.